The third kappa shape index (κ3) is 2.92. The number of halogens is 1. The molecule has 0 aliphatic heterocycles. The summed E-state index contributed by atoms with van der Waals surface area (Å²) in [6.45, 7) is 3.94. The van der Waals surface area contributed by atoms with Crippen LogP contribution in [0.4, 0.5) is 0 Å². The van der Waals surface area contributed by atoms with Crippen LogP contribution in [0.1, 0.15) is 18.3 Å². The van der Waals surface area contributed by atoms with Gasteiger partial charge in [-0.3, -0.25) is 0 Å². The maximum atomic E-state index is 5.69. The van der Waals surface area contributed by atoms with E-state index in [0.29, 0.717) is 18.1 Å². The van der Waals surface area contributed by atoms with Crippen molar-refractivity contribution in [1.82, 2.24) is 10.1 Å². The molecule has 0 spiro atoms. The van der Waals surface area contributed by atoms with Crippen molar-refractivity contribution in [3.05, 3.63) is 34.1 Å². The van der Waals surface area contributed by atoms with Crippen LogP contribution >= 0.6 is 15.9 Å². The summed E-state index contributed by atoms with van der Waals surface area (Å²) in [5.41, 5.74) is 7.75. The molecule has 0 radical (unpaired) electrons. The van der Waals surface area contributed by atoms with Crippen molar-refractivity contribution in [1.29, 1.82) is 0 Å². The lowest BCUT2D eigenvalue weighted by Crippen LogP contribution is -2.18. The monoisotopic (exact) mass is 295 g/mol. The van der Waals surface area contributed by atoms with Crippen LogP contribution in [-0.2, 0) is 6.42 Å². The topological polar surface area (TPSA) is 64.9 Å². The van der Waals surface area contributed by atoms with Crippen LogP contribution < -0.4 is 5.73 Å². The van der Waals surface area contributed by atoms with Gasteiger partial charge in [0.25, 0.3) is 5.89 Å². The third-order valence-corrected chi connectivity index (χ3v) is 3.27. The minimum Gasteiger partial charge on any atom is -0.334 e. The molecular formula is C12H14BrN3O. The summed E-state index contributed by atoms with van der Waals surface area (Å²) < 4.78 is 6.28. The lowest BCUT2D eigenvalue weighted by Gasteiger charge is -1.99. The van der Waals surface area contributed by atoms with E-state index in [0.717, 1.165) is 15.6 Å². The van der Waals surface area contributed by atoms with Crippen LogP contribution in [-0.4, -0.2) is 16.2 Å². The average molecular weight is 296 g/mol. The summed E-state index contributed by atoms with van der Waals surface area (Å²) >= 11 is 3.46. The largest absolute Gasteiger partial charge is 0.334 e. The molecule has 0 aliphatic carbocycles. The van der Waals surface area contributed by atoms with Crippen molar-refractivity contribution in [2.75, 3.05) is 0 Å². The Morgan fingerprint density at radius 1 is 1.47 bits per heavy atom. The highest BCUT2D eigenvalue weighted by atomic mass is 79.9. The second kappa shape index (κ2) is 4.98. The minimum atomic E-state index is 0.0344. The molecule has 0 fully saturated rings. The number of hydrogen-bond donors (Lipinski definition) is 1. The zero-order chi connectivity index (χ0) is 12.4. The molecule has 1 aromatic heterocycles. The molecule has 0 saturated heterocycles. The lowest BCUT2D eigenvalue weighted by atomic mass is 10.1. The quantitative estimate of drug-likeness (QED) is 0.945. The van der Waals surface area contributed by atoms with Crippen molar-refractivity contribution in [2.45, 2.75) is 26.3 Å². The molecule has 1 aromatic carbocycles. The molecule has 0 aliphatic rings. The van der Waals surface area contributed by atoms with Crippen molar-refractivity contribution in [2.24, 2.45) is 5.73 Å². The molecule has 2 aromatic rings. The fraction of sp³-hybridized carbons (Fsp3) is 0.333. The Labute approximate surface area is 108 Å². The van der Waals surface area contributed by atoms with Gasteiger partial charge in [-0.15, -0.1) is 0 Å². The molecule has 2 rings (SSSR count). The van der Waals surface area contributed by atoms with Gasteiger partial charge in [-0.25, -0.2) is 0 Å². The van der Waals surface area contributed by atoms with Gasteiger partial charge in [-0.1, -0.05) is 21.1 Å². The molecule has 17 heavy (non-hydrogen) atoms. The number of aryl methyl sites for hydroxylation is 1. The fourth-order valence-electron chi connectivity index (χ4n) is 1.52. The zero-order valence-corrected chi connectivity index (χ0v) is 11.4. The predicted octanol–water partition coefficient (Wildman–Crippen LogP) is 2.70. The summed E-state index contributed by atoms with van der Waals surface area (Å²) in [5, 5.41) is 3.91. The van der Waals surface area contributed by atoms with E-state index in [1.165, 1.54) is 0 Å². The maximum absolute atomic E-state index is 5.69. The Morgan fingerprint density at radius 3 is 2.88 bits per heavy atom. The highest BCUT2D eigenvalue weighted by molar-refractivity contribution is 9.10. The second-order valence-electron chi connectivity index (χ2n) is 4.16. The van der Waals surface area contributed by atoms with E-state index in [2.05, 4.69) is 26.1 Å². The first-order valence-electron chi connectivity index (χ1n) is 5.41. The fourth-order valence-corrected chi connectivity index (χ4v) is 1.77. The van der Waals surface area contributed by atoms with Crippen LogP contribution in [0.3, 0.4) is 0 Å². The first kappa shape index (κ1) is 12.3. The minimum absolute atomic E-state index is 0.0344. The van der Waals surface area contributed by atoms with Crippen LogP contribution in [0.2, 0.25) is 0 Å². The van der Waals surface area contributed by atoms with Gasteiger partial charge in [-0.2, -0.15) is 4.98 Å². The normalized spacial score (nSPS) is 12.7. The lowest BCUT2D eigenvalue weighted by molar-refractivity contribution is 0.420. The second-order valence-corrected chi connectivity index (χ2v) is 5.02. The summed E-state index contributed by atoms with van der Waals surface area (Å²) in [4.78, 5) is 4.32. The molecule has 1 atom stereocenters. The van der Waals surface area contributed by atoms with Gasteiger partial charge in [0.1, 0.15) is 0 Å². The number of benzene rings is 1. The van der Waals surface area contributed by atoms with Gasteiger partial charge in [0.2, 0.25) is 0 Å². The first-order valence-corrected chi connectivity index (χ1v) is 6.20. The van der Waals surface area contributed by atoms with E-state index < -0.39 is 0 Å². The SMILES string of the molecule is Cc1cc(-c2nc(CC(C)N)no2)ccc1Br. The molecule has 1 unspecified atom stereocenters. The first-order chi connectivity index (χ1) is 8.06. The Morgan fingerprint density at radius 2 is 2.24 bits per heavy atom. The van der Waals surface area contributed by atoms with Crippen LogP contribution in [0, 0.1) is 6.92 Å². The van der Waals surface area contributed by atoms with Gasteiger partial charge >= 0.3 is 0 Å². The molecule has 90 valence electrons. The molecule has 0 bridgehead atoms. The standard InChI is InChI=1S/C12H14BrN3O/c1-7-5-9(3-4-10(7)13)12-15-11(16-17-12)6-8(2)14/h3-5,8H,6,14H2,1-2H3. The van der Waals surface area contributed by atoms with E-state index in [1.807, 2.05) is 32.0 Å². The van der Waals surface area contributed by atoms with Crippen molar-refractivity contribution >= 4 is 15.9 Å². The number of nitrogens with two attached hydrogens (primary N) is 1. The number of aromatic nitrogens is 2. The molecular weight excluding hydrogens is 282 g/mol. The van der Waals surface area contributed by atoms with E-state index in [4.69, 9.17) is 10.3 Å². The van der Waals surface area contributed by atoms with Gasteiger partial charge in [0.15, 0.2) is 5.82 Å². The number of hydrogen-bond acceptors (Lipinski definition) is 4. The highest BCUT2D eigenvalue weighted by Crippen LogP contribution is 2.23. The van der Waals surface area contributed by atoms with Crippen LogP contribution in [0.15, 0.2) is 27.2 Å². The third-order valence-electron chi connectivity index (χ3n) is 2.38. The van der Waals surface area contributed by atoms with Crippen molar-refractivity contribution < 1.29 is 4.52 Å². The Bertz CT molecular complexity index is 522. The van der Waals surface area contributed by atoms with Gasteiger partial charge in [-0.05, 0) is 37.6 Å². The predicted molar refractivity (Wildman–Crippen MR) is 69.5 cm³/mol. The molecule has 4 nitrogen and oxygen atoms in total. The van der Waals surface area contributed by atoms with E-state index in [9.17, 15) is 0 Å². The smallest absolute Gasteiger partial charge is 0.257 e. The number of nitrogens with zero attached hydrogens (tertiary/aromatic N) is 2. The summed E-state index contributed by atoms with van der Waals surface area (Å²) in [6.07, 6.45) is 0.624. The van der Waals surface area contributed by atoms with Gasteiger partial charge in [0.05, 0.1) is 0 Å². The Kier molecular flexibility index (Phi) is 3.59. The molecule has 5 heteroatoms. The zero-order valence-electron chi connectivity index (χ0n) is 9.77. The van der Waals surface area contributed by atoms with Crippen LogP contribution in [0.25, 0.3) is 11.5 Å². The van der Waals surface area contributed by atoms with Crippen LogP contribution in [0.5, 0.6) is 0 Å². The van der Waals surface area contributed by atoms with Crippen molar-refractivity contribution in [3.63, 3.8) is 0 Å². The van der Waals surface area contributed by atoms with E-state index >= 15 is 0 Å². The molecule has 1 heterocycles. The maximum Gasteiger partial charge on any atom is 0.257 e. The van der Waals surface area contributed by atoms with E-state index in [-0.39, 0.29) is 6.04 Å². The summed E-state index contributed by atoms with van der Waals surface area (Å²) in [5.74, 6) is 1.19. The van der Waals surface area contributed by atoms with E-state index in [1.54, 1.807) is 0 Å². The summed E-state index contributed by atoms with van der Waals surface area (Å²) in [7, 11) is 0. The summed E-state index contributed by atoms with van der Waals surface area (Å²) in [6, 6.07) is 5.96. The highest BCUT2D eigenvalue weighted by Gasteiger charge is 2.10. The molecule has 0 saturated carbocycles. The van der Waals surface area contributed by atoms with Gasteiger partial charge < -0.3 is 10.3 Å². The Hall–Kier alpha value is -1.20. The molecule has 2 N–H and O–H groups in total. The molecule has 0 amide bonds. The van der Waals surface area contributed by atoms with Crippen molar-refractivity contribution in [3.8, 4) is 11.5 Å². The number of rotatable bonds is 3. The van der Waals surface area contributed by atoms with Gasteiger partial charge in [0, 0.05) is 22.5 Å². The Balaban J connectivity index is 2.27. The average Bonchev–Trinajstić information content (AvgIpc) is 2.69.